The van der Waals surface area contributed by atoms with E-state index in [-0.39, 0.29) is 11.9 Å². The lowest BCUT2D eigenvalue weighted by Crippen LogP contribution is -2.56. The SMILES string of the molecule is CC1CN(c2ccc(F)cc2)CC(CC#N)N1C. The summed E-state index contributed by atoms with van der Waals surface area (Å²) >= 11 is 0. The van der Waals surface area contributed by atoms with Crippen LogP contribution in [0.3, 0.4) is 0 Å². The van der Waals surface area contributed by atoms with Gasteiger partial charge in [0.1, 0.15) is 5.82 Å². The fourth-order valence-electron chi connectivity index (χ4n) is 2.44. The van der Waals surface area contributed by atoms with Crippen LogP contribution >= 0.6 is 0 Å². The molecule has 0 radical (unpaired) electrons. The number of nitrogens with zero attached hydrogens (tertiary/aromatic N) is 3. The fraction of sp³-hybridized carbons (Fsp3) is 0.500. The predicted molar refractivity (Wildman–Crippen MR) is 69.9 cm³/mol. The zero-order chi connectivity index (χ0) is 13.1. The molecule has 4 heteroatoms. The molecule has 1 saturated heterocycles. The van der Waals surface area contributed by atoms with Gasteiger partial charge in [-0.3, -0.25) is 4.90 Å². The van der Waals surface area contributed by atoms with Crippen molar-refractivity contribution < 1.29 is 4.39 Å². The van der Waals surface area contributed by atoms with Crippen LogP contribution in [-0.2, 0) is 0 Å². The zero-order valence-electron chi connectivity index (χ0n) is 10.8. The van der Waals surface area contributed by atoms with Crippen molar-refractivity contribution in [1.29, 1.82) is 5.26 Å². The molecule has 1 aromatic rings. The van der Waals surface area contributed by atoms with Crippen LogP contribution in [0.4, 0.5) is 10.1 Å². The Hall–Kier alpha value is -1.60. The van der Waals surface area contributed by atoms with Crippen LogP contribution in [0.15, 0.2) is 24.3 Å². The first-order valence-electron chi connectivity index (χ1n) is 6.21. The van der Waals surface area contributed by atoms with Crippen LogP contribution in [0, 0.1) is 17.1 Å². The number of piperazine rings is 1. The second kappa shape index (κ2) is 5.36. The lowest BCUT2D eigenvalue weighted by molar-refractivity contribution is 0.160. The molecule has 0 amide bonds. The van der Waals surface area contributed by atoms with Crippen LogP contribution in [0.25, 0.3) is 0 Å². The van der Waals surface area contributed by atoms with E-state index >= 15 is 0 Å². The van der Waals surface area contributed by atoms with E-state index in [9.17, 15) is 4.39 Å². The molecule has 3 nitrogen and oxygen atoms in total. The third-order valence-corrected chi connectivity index (χ3v) is 3.71. The maximum Gasteiger partial charge on any atom is 0.123 e. The van der Waals surface area contributed by atoms with Gasteiger partial charge in [0.15, 0.2) is 0 Å². The highest BCUT2D eigenvalue weighted by Gasteiger charge is 2.29. The van der Waals surface area contributed by atoms with Gasteiger partial charge in [-0.1, -0.05) is 0 Å². The number of anilines is 1. The second-order valence-electron chi connectivity index (χ2n) is 4.91. The highest BCUT2D eigenvalue weighted by atomic mass is 19.1. The number of hydrogen-bond acceptors (Lipinski definition) is 3. The molecule has 0 aromatic heterocycles. The van der Waals surface area contributed by atoms with Crippen molar-refractivity contribution in [2.45, 2.75) is 25.4 Å². The standard InChI is InChI=1S/C14H18FN3/c1-11-9-18(10-14(7-8-16)17(11)2)13-5-3-12(15)4-6-13/h3-6,11,14H,7,9-10H2,1-2H3. The molecule has 0 bridgehead atoms. The quantitative estimate of drug-likeness (QED) is 0.803. The Labute approximate surface area is 107 Å². The first-order chi connectivity index (χ1) is 8.61. The van der Waals surface area contributed by atoms with Crippen molar-refractivity contribution in [3.63, 3.8) is 0 Å². The minimum absolute atomic E-state index is 0.213. The van der Waals surface area contributed by atoms with Gasteiger partial charge in [0.2, 0.25) is 0 Å². The molecule has 2 unspecified atom stereocenters. The monoisotopic (exact) mass is 247 g/mol. The van der Waals surface area contributed by atoms with E-state index < -0.39 is 0 Å². The molecule has 1 heterocycles. The maximum atomic E-state index is 12.9. The Morgan fingerprint density at radius 2 is 2.00 bits per heavy atom. The largest absolute Gasteiger partial charge is 0.368 e. The van der Waals surface area contributed by atoms with Crippen LogP contribution in [0.5, 0.6) is 0 Å². The van der Waals surface area contributed by atoms with Crippen LogP contribution < -0.4 is 4.90 Å². The van der Waals surface area contributed by atoms with Crippen molar-refractivity contribution in [1.82, 2.24) is 4.90 Å². The van der Waals surface area contributed by atoms with Crippen molar-refractivity contribution >= 4 is 5.69 Å². The lowest BCUT2D eigenvalue weighted by atomic mass is 10.0. The van der Waals surface area contributed by atoms with Gasteiger partial charge in [-0.05, 0) is 38.2 Å². The summed E-state index contributed by atoms with van der Waals surface area (Å²) in [5, 5.41) is 8.87. The predicted octanol–water partition coefficient (Wildman–Crippen LogP) is 2.25. The molecule has 96 valence electrons. The Bertz CT molecular complexity index is 437. The average molecular weight is 247 g/mol. The summed E-state index contributed by atoms with van der Waals surface area (Å²) in [5.41, 5.74) is 1.03. The summed E-state index contributed by atoms with van der Waals surface area (Å²) in [7, 11) is 2.06. The summed E-state index contributed by atoms with van der Waals surface area (Å²) < 4.78 is 12.9. The highest BCUT2D eigenvalue weighted by Crippen LogP contribution is 2.22. The van der Waals surface area contributed by atoms with E-state index in [0.717, 1.165) is 18.8 Å². The minimum Gasteiger partial charge on any atom is -0.368 e. The lowest BCUT2D eigenvalue weighted by Gasteiger charge is -2.44. The Balaban J connectivity index is 2.15. The molecule has 1 aromatic carbocycles. The molecule has 18 heavy (non-hydrogen) atoms. The molecular formula is C14H18FN3. The Morgan fingerprint density at radius 1 is 1.33 bits per heavy atom. The molecule has 0 aliphatic carbocycles. The second-order valence-corrected chi connectivity index (χ2v) is 4.91. The average Bonchev–Trinajstić information content (AvgIpc) is 2.36. The van der Waals surface area contributed by atoms with Gasteiger partial charge in [0.05, 0.1) is 12.5 Å². The summed E-state index contributed by atoms with van der Waals surface area (Å²) in [6.45, 7) is 3.88. The van der Waals surface area contributed by atoms with Crippen molar-refractivity contribution in [2.24, 2.45) is 0 Å². The van der Waals surface area contributed by atoms with Crippen molar-refractivity contribution in [3.05, 3.63) is 30.1 Å². The molecule has 2 atom stereocenters. The number of benzene rings is 1. The third-order valence-electron chi connectivity index (χ3n) is 3.71. The molecule has 1 aliphatic rings. The van der Waals surface area contributed by atoms with Gasteiger partial charge in [-0.15, -0.1) is 0 Å². The first kappa shape index (κ1) is 12.8. The van der Waals surface area contributed by atoms with E-state index in [1.807, 2.05) is 0 Å². The van der Waals surface area contributed by atoms with E-state index in [4.69, 9.17) is 5.26 Å². The number of nitriles is 1. The summed E-state index contributed by atoms with van der Waals surface area (Å²) in [4.78, 5) is 4.48. The molecular weight excluding hydrogens is 229 g/mol. The van der Waals surface area contributed by atoms with Gasteiger partial charge in [0.25, 0.3) is 0 Å². The van der Waals surface area contributed by atoms with Crippen LogP contribution in [0.1, 0.15) is 13.3 Å². The first-order valence-corrected chi connectivity index (χ1v) is 6.21. The smallest absolute Gasteiger partial charge is 0.123 e. The summed E-state index contributed by atoms with van der Waals surface area (Å²) in [5.74, 6) is -0.213. The number of rotatable bonds is 2. The maximum absolute atomic E-state index is 12.9. The highest BCUT2D eigenvalue weighted by molar-refractivity contribution is 5.47. The van der Waals surface area contributed by atoms with Crippen LogP contribution in [-0.4, -0.2) is 37.1 Å². The van der Waals surface area contributed by atoms with Gasteiger partial charge >= 0.3 is 0 Å². The van der Waals surface area contributed by atoms with Gasteiger partial charge in [-0.25, -0.2) is 4.39 Å². The topological polar surface area (TPSA) is 30.3 Å². The van der Waals surface area contributed by atoms with Gasteiger partial charge in [0, 0.05) is 30.9 Å². The van der Waals surface area contributed by atoms with Crippen molar-refractivity contribution in [3.8, 4) is 6.07 Å². The fourth-order valence-corrected chi connectivity index (χ4v) is 2.44. The molecule has 0 spiro atoms. The molecule has 2 rings (SSSR count). The van der Waals surface area contributed by atoms with Gasteiger partial charge < -0.3 is 4.90 Å². The summed E-state index contributed by atoms with van der Waals surface area (Å²) in [6, 6.07) is 9.44. The molecule has 0 saturated carbocycles. The molecule has 0 N–H and O–H groups in total. The minimum atomic E-state index is -0.213. The number of hydrogen-bond donors (Lipinski definition) is 0. The van der Waals surface area contributed by atoms with Crippen molar-refractivity contribution in [2.75, 3.05) is 25.0 Å². The van der Waals surface area contributed by atoms with E-state index in [2.05, 4.69) is 29.8 Å². The Kier molecular flexibility index (Phi) is 3.83. The van der Waals surface area contributed by atoms with E-state index in [1.165, 1.54) is 12.1 Å². The molecule has 1 aliphatic heterocycles. The van der Waals surface area contributed by atoms with E-state index in [0.29, 0.717) is 12.5 Å². The Morgan fingerprint density at radius 3 is 2.61 bits per heavy atom. The third kappa shape index (κ3) is 2.62. The van der Waals surface area contributed by atoms with Crippen LogP contribution in [0.2, 0.25) is 0 Å². The number of halogens is 1. The molecule has 1 fully saturated rings. The van der Waals surface area contributed by atoms with Gasteiger partial charge in [-0.2, -0.15) is 5.26 Å². The summed E-state index contributed by atoms with van der Waals surface area (Å²) in [6.07, 6.45) is 0.526. The zero-order valence-corrected chi connectivity index (χ0v) is 10.8. The number of likely N-dealkylation sites (N-methyl/N-ethyl adjacent to an activating group) is 1. The van der Waals surface area contributed by atoms with E-state index in [1.54, 1.807) is 12.1 Å². The normalized spacial score (nSPS) is 24.9.